The zero-order valence-electron chi connectivity index (χ0n) is 21.9. The number of carbonyl (C=O) groups excluding carboxylic acids is 1. The van der Waals surface area contributed by atoms with Crippen LogP contribution in [-0.4, -0.2) is 82.7 Å². The van der Waals surface area contributed by atoms with Gasteiger partial charge in [0.05, 0.1) is 5.60 Å². The highest BCUT2D eigenvalue weighted by Gasteiger charge is 2.38. The first-order valence-corrected chi connectivity index (χ1v) is 14.2. The predicted molar refractivity (Wildman–Crippen MR) is 148 cm³/mol. The average Bonchev–Trinajstić information content (AvgIpc) is 2.92. The van der Waals surface area contributed by atoms with E-state index < -0.39 is 5.60 Å². The van der Waals surface area contributed by atoms with Crippen molar-refractivity contribution in [2.45, 2.75) is 57.1 Å². The number of aromatic nitrogens is 1. The molecule has 0 bridgehead atoms. The number of hydrogen-bond acceptors (Lipinski definition) is 5. The molecule has 1 aromatic carbocycles. The fourth-order valence-corrected chi connectivity index (χ4v) is 6.49. The van der Waals surface area contributed by atoms with Crippen molar-refractivity contribution in [3.05, 3.63) is 58.9 Å². The summed E-state index contributed by atoms with van der Waals surface area (Å²) in [6, 6.07) is 10.0. The molecule has 1 aliphatic carbocycles. The highest BCUT2D eigenvalue weighted by molar-refractivity contribution is 6.31. The summed E-state index contributed by atoms with van der Waals surface area (Å²) in [5, 5.41) is 14.9. The van der Waals surface area contributed by atoms with Gasteiger partial charge in [0, 0.05) is 74.0 Å². The van der Waals surface area contributed by atoms with E-state index in [0.717, 1.165) is 81.8 Å². The highest BCUT2D eigenvalue weighted by Crippen LogP contribution is 2.39. The maximum atomic E-state index is 12.8. The minimum atomic E-state index is -0.724. The lowest BCUT2D eigenvalue weighted by molar-refractivity contribution is -0.0324. The molecule has 200 valence electrons. The Morgan fingerprint density at radius 3 is 2.62 bits per heavy atom. The van der Waals surface area contributed by atoms with E-state index in [-0.39, 0.29) is 6.03 Å². The lowest BCUT2D eigenvalue weighted by Crippen LogP contribution is -2.53. The number of rotatable bonds is 5. The zero-order chi connectivity index (χ0) is 25.8. The Morgan fingerprint density at radius 1 is 1.14 bits per heavy atom. The number of piperidine rings is 1. The molecule has 37 heavy (non-hydrogen) atoms. The van der Waals surface area contributed by atoms with Crippen molar-refractivity contribution in [2.75, 3.05) is 51.1 Å². The van der Waals surface area contributed by atoms with Gasteiger partial charge in [-0.25, -0.2) is 4.79 Å². The number of carbonyl (C=O) groups is 1. The number of urea groups is 1. The molecule has 2 N–H and O–H groups in total. The van der Waals surface area contributed by atoms with Gasteiger partial charge in [0.1, 0.15) is 0 Å². The second-order valence-corrected chi connectivity index (χ2v) is 11.6. The van der Waals surface area contributed by atoms with Gasteiger partial charge < -0.3 is 20.2 Å². The summed E-state index contributed by atoms with van der Waals surface area (Å²) in [6.07, 6.45) is 9.81. The van der Waals surface area contributed by atoms with Crippen LogP contribution < -0.4 is 5.32 Å². The summed E-state index contributed by atoms with van der Waals surface area (Å²) in [4.78, 5) is 24.1. The lowest BCUT2D eigenvalue weighted by Gasteiger charge is -2.45. The summed E-state index contributed by atoms with van der Waals surface area (Å²) in [6.45, 7) is 8.72. The Morgan fingerprint density at radius 2 is 1.92 bits per heavy atom. The molecule has 3 fully saturated rings. The van der Waals surface area contributed by atoms with Crippen molar-refractivity contribution >= 4 is 23.3 Å². The minimum Gasteiger partial charge on any atom is -0.385 e. The monoisotopic (exact) mass is 525 g/mol. The molecular weight excluding hydrogens is 486 g/mol. The average molecular weight is 526 g/mol. The largest absolute Gasteiger partial charge is 0.385 e. The van der Waals surface area contributed by atoms with Crippen molar-refractivity contribution in [1.29, 1.82) is 0 Å². The van der Waals surface area contributed by atoms with Crippen molar-refractivity contribution in [3.8, 4) is 0 Å². The molecule has 2 aliphatic heterocycles. The highest BCUT2D eigenvalue weighted by atomic mass is 35.5. The first-order valence-electron chi connectivity index (χ1n) is 13.8. The van der Waals surface area contributed by atoms with E-state index in [0.29, 0.717) is 17.0 Å². The fraction of sp³-hybridized carbons (Fsp3) is 0.586. The quantitative estimate of drug-likeness (QED) is 0.590. The van der Waals surface area contributed by atoms with Crippen LogP contribution in [0.5, 0.6) is 0 Å². The number of piperazine rings is 1. The third-order valence-corrected chi connectivity index (χ3v) is 9.06. The molecule has 2 aromatic rings. The molecule has 2 saturated heterocycles. The van der Waals surface area contributed by atoms with Crippen LogP contribution in [0.15, 0.2) is 42.7 Å². The van der Waals surface area contributed by atoms with Gasteiger partial charge in [-0.1, -0.05) is 17.7 Å². The zero-order valence-corrected chi connectivity index (χ0v) is 22.7. The maximum Gasteiger partial charge on any atom is 0.321 e. The fourth-order valence-electron chi connectivity index (χ4n) is 6.37. The van der Waals surface area contributed by atoms with Crippen LogP contribution in [0.2, 0.25) is 5.02 Å². The summed E-state index contributed by atoms with van der Waals surface area (Å²) >= 11 is 6.11. The van der Waals surface area contributed by atoms with Crippen molar-refractivity contribution in [3.63, 3.8) is 0 Å². The van der Waals surface area contributed by atoms with Gasteiger partial charge in [0.25, 0.3) is 0 Å². The molecule has 5 rings (SSSR count). The molecule has 8 heteroatoms. The Kier molecular flexibility index (Phi) is 8.34. The summed E-state index contributed by atoms with van der Waals surface area (Å²) in [5.74, 6) is 0.672. The summed E-state index contributed by atoms with van der Waals surface area (Å²) in [7, 11) is 0. The van der Waals surface area contributed by atoms with Gasteiger partial charge >= 0.3 is 6.03 Å². The van der Waals surface area contributed by atoms with Crippen LogP contribution in [0.1, 0.15) is 49.7 Å². The van der Waals surface area contributed by atoms with Crippen LogP contribution >= 0.6 is 11.6 Å². The Balaban J connectivity index is 1.06. The number of hydrogen-bond donors (Lipinski definition) is 2. The normalized spacial score (nSPS) is 27.7. The third-order valence-electron chi connectivity index (χ3n) is 8.63. The first-order chi connectivity index (χ1) is 17.9. The number of pyridine rings is 1. The van der Waals surface area contributed by atoms with E-state index >= 15 is 0 Å². The summed E-state index contributed by atoms with van der Waals surface area (Å²) in [5.41, 5.74) is 1.99. The summed E-state index contributed by atoms with van der Waals surface area (Å²) < 4.78 is 0. The molecular formula is C29H40ClN5O2. The number of nitrogens with one attached hydrogen (secondary N) is 1. The Hall–Kier alpha value is -2.19. The third kappa shape index (κ3) is 6.45. The van der Waals surface area contributed by atoms with Crippen LogP contribution in [-0.2, 0) is 5.60 Å². The van der Waals surface area contributed by atoms with Crippen molar-refractivity contribution in [2.24, 2.45) is 5.92 Å². The van der Waals surface area contributed by atoms with Gasteiger partial charge in [0.15, 0.2) is 0 Å². The van der Waals surface area contributed by atoms with Crippen LogP contribution in [0.4, 0.5) is 10.5 Å². The number of anilines is 1. The van der Waals surface area contributed by atoms with Gasteiger partial charge in [-0.05, 0) is 87.7 Å². The molecule has 3 heterocycles. The Labute approximate surface area is 225 Å². The van der Waals surface area contributed by atoms with E-state index in [9.17, 15) is 9.90 Å². The molecule has 3 aliphatic rings. The number of aryl methyl sites for hydroxylation is 1. The SMILES string of the molecule is Cc1cc(NC(=O)N2CCN(C[C@@H]3CCCN(C4CCC(O)(c5cccnc5)CC4)C3)CC2)ccc1Cl. The van der Waals surface area contributed by atoms with Gasteiger partial charge in [-0.2, -0.15) is 0 Å². The standard InChI is InChI=1S/C29H40ClN5O2/c1-22-18-25(6-7-27(22)30)32-28(36)34-16-14-33(15-17-34)20-23-4-3-13-35(21-23)26-8-10-29(37,11-9-26)24-5-2-12-31-19-24/h2,5-7,12,18-19,23,26,37H,3-4,8-11,13-17,20-21H2,1H3,(H,32,36)/t23-,26?,29?/m0/s1. The van der Waals surface area contributed by atoms with Crippen LogP contribution in [0, 0.1) is 12.8 Å². The first kappa shape index (κ1) is 26.4. The molecule has 1 aromatic heterocycles. The van der Waals surface area contributed by atoms with E-state index in [1.165, 1.54) is 19.4 Å². The van der Waals surface area contributed by atoms with E-state index in [1.807, 2.05) is 48.4 Å². The van der Waals surface area contributed by atoms with E-state index in [2.05, 4.69) is 20.1 Å². The number of nitrogens with zero attached hydrogens (tertiary/aromatic N) is 4. The number of amides is 2. The molecule has 0 unspecified atom stereocenters. The smallest absolute Gasteiger partial charge is 0.321 e. The van der Waals surface area contributed by atoms with Crippen molar-refractivity contribution in [1.82, 2.24) is 19.7 Å². The maximum absolute atomic E-state index is 12.8. The molecule has 0 radical (unpaired) electrons. The van der Waals surface area contributed by atoms with E-state index in [1.54, 1.807) is 6.20 Å². The number of halogens is 1. The van der Waals surface area contributed by atoms with Crippen LogP contribution in [0.25, 0.3) is 0 Å². The van der Waals surface area contributed by atoms with Gasteiger partial charge in [-0.15, -0.1) is 0 Å². The van der Waals surface area contributed by atoms with Gasteiger partial charge in [-0.3, -0.25) is 9.88 Å². The minimum absolute atomic E-state index is 0.0336. The molecule has 0 spiro atoms. The second kappa shape index (κ2) is 11.7. The van der Waals surface area contributed by atoms with E-state index in [4.69, 9.17) is 11.6 Å². The number of benzene rings is 1. The topological polar surface area (TPSA) is 71.9 Å². The van der Waals surface area contributed by atoms with Crippen molar-refractivity contribution < 1.29 is 9.90 Å². The number of likely N-dealkylation sites (tertiary alicyclic amines) is 1. The molecule has 2 amide bonds. The van der Waals surface area contributed by atoms with Gasteiger partial charge in [0.2, 0.25) is 0 Å². The van der Waals surface area contributed by atoms with Crippen LogP contribution in [0.3, 0.4) is 0 Å². The Bertz CT molecular complexity index is 1050. The second-order valence-electron chi connectivity index (χ2n) is 11.2. The number of aliphatic hydroxyl groups is 1. The predicted octanol–water partition coefficient (Wildman–Crippen LogP) is 4.74. The molecule has 1 saturated carbocycles. The molecule has 1 atom stereocenters. The lowest BCUT2D eigenvalue weighted by atomic mass is 9.77. The molecule has 7 nitrogen and oxygen atoms in total.